The summed E-state index contributed by atoms with van der Waals surface area (Å²) in [5, 5.41) is 5.85. The molecule has 2 rings (SSSR count). The molecule has 1 aromatic heterocycles. The lowest BCUT2D eigenvalue weighted by atomic mass is 10.2. The maximum atomic E-state index is 12.0. The van der Waals surface area contributed by atoms with Crippen molar-refractivity contribution in [2.45, 2.75) is 6.92 Å². The average molecular weight is 241 g/mol. The van der Waals surface area contributed by atoms with E-state index in [1.54, 1.807) is 24.4 Å². The predicted octanol–water partition coefficient (Wildman–Crippen LogP) is 2.68. The van der Waals surface area contributed by atoms with Gasteiger partial charge in [-0.05, 0) is 43.3 Å². The van der Waals surface area contributed by atoms with Crippen molar-refractivity contribution >= 4 is 17.3 Å². The smallest absolute Gasteiger partial charge is 0.255 e. The number of aromatic nitrogens is 1. The largest absolute Gasteiger partial charge is 0.388 e. The Hall–Kier alpha value is -2.36. The highest BCUT2D eigenvalue weighted by molar-refractivity contribution is 6.04. The predicted molar refractivity (Wildman–Crippen MR) is 72.9 cm³/mol. The molecule has 18 heavy (non-hydrogen) atoms. The number of rotatable bonds is 3. The molecule has 0 radical (unpaired) electrons. The van der Waals surface area contributed by atoms with Gasteiger partial charge < -0.3 is 10.6 Å². The molecule has 0 saturated heterocycles. The van der Waals surface area contributed by atoms with Crippen LogP contribution in [0.3, 0.4) is 0 Å². The Labute approximate surface area is 106 Å². The zero-order valence-corrected chi connectivity index (χ0v) is 10.4. The number of carbonyl (C=O) groups excluding carboxylic acids is 1. The molecule has 0 bridgehead atoms. The quantitative estimate of drug-likeness (QED) is 0.868. The van der Waals surface area contributed by atoms with Gasteiger partial charge in [-0.2, -0.15) is 0 Å². The minimum absolute atomic E-state index is 0.122. The third-order valence-electron chi connectivity index (χ3n) is 2.59. The van der Waals surface area contributed by atoms with E-state index in [0.29, 0.717) is 5.56 Å². The Morgan fingerprint density at radius 3 is 2.44 bits per heavy atom. The van der Waals surface area contributed by atoms with E-state index in [4.69, 9.17) is 0 Å². The van der Waals surface area contributed by atoms with E-state index >= 15 is 0 Å². The van der Waals surface area contributed by atoms with E-state index in [0.717, 1.165) is 17.1 Å². The molecule has 1 heterocycles. The van der Waals surface area contributed by atoms with Crippen LogP contribution in [0.25, 0.3) is 0 Å². The minimum atomic E-state index is -0.122. The summed E-state index contributed by atoms with van der Waals surface area (Å²) in [6.07, 6.45) is 1.68. The van der Waals surface area contributed by atoms with E-state index in [9.17, 15) is 4.79 Å². The lowest BCUT2D eigenvalue weighted by Crippen LogP contribution is -2.12. The van der Waals surface area contributed by atoms with Gasteiger partial charge in [-0.25, -0.2) is 0 Å². The van der Waals surface area contributed by atoms with Gasteiger partial charge in [0.1, 0.15) is 0 Å². The molecule has 0 saturated carbocycles. The topological polar surface area (TPSA) is 54.0 Å². The van der Waals surface area contributed by atoms with Crippen LogP contribution in [-0.2, 0) is 0 Å². The summed E-state index contributed by atoms with van der Waals surface area (Å²) >= 11 is 0. The molecule has 0 atom stereocenters. The fourth-order valence-electron chi connectivity index (χ4n) is 1.61. The summed E-state index contributed by atoms with van der Waals surface area (Å²) in [6, 6.07) is 10.9. The fraction of sp³-hybridized carbons (Fsp3) is 0.143. The minimum Gasteiger partial charge on any atom is -0.388 e. The van der Waals surface area contributed by atoms with E-state index in [2.05, 4.69) is 15.6 Å². The summed E-state index contributed by atoms with van der Waals surface area (Å²) in [4.78, 5) is 16.1. The Bertz CT molecular complexity index is 549. The highest BCUT2D eigenvalue weighted by atomic mass is 16.1. The van der Waals surface area contributed by atoms with Crippen LogP contribution < -0.4 is 10.6 Å². The van der Waals surface area contributed by atoms with Gasteiger partial charge in [0.15, 0.2) is 0 Å². The van der Waals surface area contributed by atoms with E-state index in [1.807, 2.05) is 32.2 Å². The number of nitrogens with one attached hydrogen (secondary N) is 2. The second kappa shape index (κ2) is 5.31. The molecule has 1 amide bonds. The van der Waals surface area contributed by atoms with Gasteiger partial charge in [0, 0.05) is 35.9 Å². The first-order chi connectivity index (χ1) is 8.69. The van der Waals surface area contributed by atoms with Crippen LogP contribution in [0.15, 0.2) is 42.6 Å². The number of anilines is 2. The number of nitrogens with zero attached hydrogens (tertiary/aromatic N) is 1. The zero-order valence-electron chi connectivity index (χ0n) is 10.4. The molecule has 0 aliphatic carbocycles. The highest BCUT2D eigenvalue weighted by Gasteiger charge is 2.05. The van der Waals surface area contributed by atoms with Crippen molar-refractivity contribution < 1.29 is 4.79 Å². The number of benzene rings is 1. The number of hydrogen-bond acceptors (Lipinski definition) is 3. The maximum absolute atomic E-state index is 12.0. The van der Waals surface area contributed by atoms with Crippen LogP contribution in [0.1, 0.15) is 16.1 Å². The number of amides is 1. The molecule has 1 aromatic carbocycles. The third kappa shape index (κ3) is 2.85. The standard InChI is InChI=1S/C14H15N3O/c1-10-9-13(7-8-16-10)17-14(18)11-3-5-12(15-2)6-4-11/h3-9,15H,1-2H3,(H,16,17,18). The molecular weight excluding hydrogens is 226 g/mol. The average Bonchev–Trinajstić information content (AvgIpc) is 2.39. The van der Waals surface area contributed by atoms with Crippen LogP contribution in [0.5, 0.6) is 0 Å². The van der Waals surface area contributed by atoms with Crippen LogP contribution in [0, 0.1) is 6.92 Å². The first-order valence-electron chi connectivity index (χ1n) is 5.71. The molecular formula is C14H15N3O. The zero-order chi connectivity index (χ0) is 13.0. The molecule has 0 fully saturated rings. The van der Waals surface area contributed by atoms with Gasteiger partial charge in [-0.15, -0.1) is 0 Å². The van der Waals surface area contributed by atoms with E-state index in [-0.39, 0.29) is 5.91 Å². The summed E-state index contributed by atoms with van der Waals surface area (Å²) in [5.41, 5.74) is 3.23. The van der Waals surface area contributed by atoms with Gasteiger partial charge in [0.25, 0.3) is 5.91 Å². The molecule has 2 N–H and O–H groups in total. The second-order valence-electron chi connectivity index (χ2n) is 3.97. The van der Waals surface area contributed by atoms with Crippen molar-refractivity contribution in [3.8, 4) is 0 Å². The van der Waals surface area contributed by atoms with Gasteiger partial charge in [0.2, 0.25) is 0 Å². The lowest BCUT2D eigenvalue weighted by molar-refractivity contribution is 0.102. The lowest BCUT2D eigenvalue weighted by Gasteiger charge is -2.06. The van der Waals surface area contributed by atoms with Crippen molar-refractivity contribution in [3.05, 3.63) is 53.9 Å². The first-order valence-corrected chi connectivity index (χ1v) is 5.71. The molecule has 0 spiro atoms. The highest BCUT2D eigenvalue weighted by Crippen LogP contribution is 2.12. The number of pyridine rings is 1. The Morgan fingerprint density at radius 2 is 1.83 bits per heavy atom. The Kier molecular flexibility index (Phi) is 3.57. The van der Waals surface area contributed by atoms with Crippen LogP contribution in [-0.4, -0.2) is 17.9 Å². The summed E-state index contributed by atoms with van der Waals surface area (Å²) < 4.78 is 0. The molecule has 92 valence electrons. The summed E-state index contributed by atoms with van der Waals surface area (Å²) in [7, 11) is 1.84. The van der Waals surface area contributed by atoms with E-state index in [1.165, 1.54) is 0 Å². The molecule has 0 unspecified atom stereocenters. The van der Waals surface area contributed by atoms with Crippen molar-refractivity contribution in [1.82, 2.24) is 4.98 Å². The van der Waals surface area contributed by atoms with Crippen molar-refractivity contribution in [2.24, 2.45) is 0 Å². The Balaban J connectivity index is 2.11. The summed E-state index contributed by atoms with van der Waals surface area (Å²) in [6.45, 7) is 1.89. The number of carbonyl (C=O) groups is 1. The van der Waals surface area contributed by atoms with Crippen molar-refractivity contribution in [1.29, 1.82) is 0 Å². The van der Waals surface area contributed by atoms with Gasteiger partial charge in [-0.1, -0.05) is 0 Å². The normalized spacial score (nSPS) is 9.89. The summed E-state index contributed by atoms with van der Waals surface area (Å²) in [5.74, 6) is -0.122. The first kappa shape index (κ1) is 12.1. The molecule has 0 aliphatic heterocycles. The van der Waals surface area contributed by atoms with Gasteiger partial charge >= 0.3 is 0 Å². The van der Waals surface area contributed by atoms with E-state index < -0.39 is 0 Å². The molecule has 2 aromatic rings. The number of hydrogen-bond donors (Lipinski definition) is 2. The Morgan fingerprint density at radius 1 is 1.11 bits per heavy atom. The van der Waals surface area contributed by atoms with Gasteiger partial charge in [0.05, 0.1) is 0 Å². The monoisotopic (exact) mass is 241 g/mol. The van der Waals surface area contributed by atoms with Crippen LogP contribution in [0.2, 0.25) is 0 Å². The molecule has 4 heteroatoms. The third-order valence-corrected chi connectivity index (χ3v) is 2.59. The van der Waals surface area contributed by atoms with Crippen LogP contribution >= 0.6 is 0 Å². The van der Waals surface area contributed by atoms with Crippen molar-refractivity contribution in [2.75, 3.05) is 17.7 Å². The van der Waals surface area contributed by atoms with Gasteiger partial charge in [-0.3, -0.25) is 9.78 Å². The SMILES string of the molecule is CNc1ccc(C(=O)Nc2ccnc(C)c2)cc1. The maximum Gasteiger partial charge on any atom is 0.255 e. The van der Waals surface area contributed by atoms with Crippen LogP contribution in [0.4, 0.5) is 11.4 Å². The fourth-order valence-corrected chi connectivity index (χ4v) is 1.61. The number of aryl methyl sites for hydroxylation is 1. The van der Waals surface area contributed by atoms with Crippen molar-refractivity contribution in [3.63, 3.8) is 0 Å². The molecule has 0 aliphatic rings. The second-order valence-corrected chi connectivity index (χ2v) is 3.97. The molecule has 4 nitrogen and oxygen atoms in total.